The molecule has 7 rings (SSSR count). The van der Waals surface area contributed by atoms with Gasteiger partial charge in [0.2, 0.25) is 0 Å². The average Bonchev–Trinajstić information content (AvgIpc) is 3.21. The van der Waals surface area contributed by atoms with Gasteiger partial charge in [-0.05, 0) is 79.7 Å². The fourth-order valence-corrected chi connectivity index (χ4v) is 15.8. The van der Waals surface area contributed by atoms with Gasteiger partial charge in [0, 0.05) is 5.56 Å². The van der Waals surface area contributed by atoms with Gasteiger partial charge in [0.25, 0.3) is 0 Å². The van der Waals surface area contributed by atoms with E-state index in [9.17, 15) is 10.5 Å². The molecule has 0 bridgehead atoms. The van der Waals surface area contributed by atoms with Crippen molar-refractivity contribution in [1.82, 2.24) is 4.98 Å². The van der Waals surface area contributed by atoms with E-state index in [1.54, 1.807) is 0 Å². The molecule has 1 aromatic heterocycles. The van der Waals surface area contributed by atoms with Crippen LogP contribution < -0.4 is 31.8 Å². The van der Waals surface area contributed by atoms with Crippen molar-refractivity contribution in [2.24, 2.45) is 0 Å². The summed E-state index contributed by atoms with van der Waals surface area (Å²) in [6.07, 6.45) is 1.06. The summed E-state index contributed by atoms with van der Waals surface area (Å²) in [7, 11) is -4.83. The molecule has 0 aliphatic heterocycles. The number of nitrogens with zero attached hydrogens (tertiary/aromatic N) is 3. The molecular formula is C46H37N3P2+2. The summed E-state index contributed by atoms with van der Waals surface area (Å²) in [6, 6.07) is 69.1. The Labute approximate surface area is 302 Å². The molecule has 51 heavy (non-hydrogen) atoms. The molecule has 0 fully saturated rings. The Morgan fingerprint density at radius 3 is 0.961 bits per heavy atom. The van der Waals surface area contributed by atoms with E-state index in [0.29, 0.717) is 29.1 Å². The molecule has 0 radical (unpaired) electrons. The second-order valence-electron chi connectivity index (χ2n) is 12.5. The summed E-state index contributed by atoms with van der Waals surface area (Å²) in [5.74, 6) is 0. The molecular weight excluding hydrogens is 656 g/mol. The van der Waals surface area contributed by atoms with Gasteiger partial charge >= 0.3 is 0 Å². The maximum absolute atomic E-state index is 11.3. The minimum atomic E-state index is -2.44. The second kappa shape index (κ2) is 15.1. The molecule has 0 N–H and O–H groups in total. The largest absolute Gasteiger partial charge is 0.251 e. The van der Waals surface area contributed by atoms with Gasteiger partial charge in [-0.1, -0.05) is 109 Å². The van der Waals surface area contributed by atoms with Crippen LogP contribution in [0.25, 0.3) is 0 Å². The van der Waals surface area contributed by atoms with Crippen molar-refractivity contribution in [1.29, 1.82) is 10.5 Å². The number of pyridine rings is 1. The van der Waals surface area contributed by atoms with Crippen LogP contribution in [0.4, 0.5) is 0 Å². The molecule has 244 valence electrons. The molecule has 0 saturated heterocycles. The first kappa shape index (κ1) is 33.8. The van der Waals surface area contributed by atoms with E-state index in [-0.39, 0.29) is 0 Å². The molecule has 0 atom stereocenters. The van der Waals surface area contributed by atoms with Crippen LogP contribution in [0.3, 0.4) is 0 Å². The Balaban J connectivity index is 1.53. The lowest BCUT2D eigenvalue weighted by atomic mass is 10.0. The number of nitriles is 2. The van der Waals surface area contributed by atoms with Crippen molar-refractivity contribution in [3.05, 3.63) is 210 Å². The van der Waals surface area contributed by atoms with Crippen LogP contribution in [0.15, 0.2) is 182 Å². The van der Waals surface area contributed by atoms with E-state index >= 15 is 0 Å². The molecule has 0 unspecified atom stereocenters. The number of hydrogen-bond acceptors (Lipinski definition) is 3. The van der Waals surface area contributed by atoms with Gasteiger partial charge < -0.3 is 0 Å². The minimum Gasteiger partial charge on any atom is -0.251 e. The molecule has 0 spiro atoms. The Kier molecular flexibility index (Phi) is 9.97. The van der Waals surface area contributed by atoms with Crippen molar-refractivity contribution in [3.63, 3.8) is 0 Å². The molecule has 1 heterocycles. The number of aromatic nitrogens is 1. The van der Waals surface area contributed by atoms with E-state index < -0.39 is 14.5 Å². The lowest BCUT2D eigenvalue weighted by Crippen LogP contribution is -2.34. The molecule has 0 aliphatic carbocycles. The third kappa shape index (κ3) is 6.29. The number of benzene rings is 6. The quantitative estimate of drug-likeness (QED) is 0.136. The third-order valence-electron chi connectivity index (χ3n) is 9.74. The Hall–Kier alpha value is -5.69. The first-order chi connectivity index (χ1) is 25.1. The van der Waals surface area contributed by atoms with E-state index in [4.69, 9.17) is 4.98 Å². The third-order valence-corrected chi connectivity index (χ3v) is 18.4. The van der Waals surface area contributed by atoms with Crippen molar-refractivity contribution >= 4 is 46.4 Å². The number of rotatable bonds is 10. The highest BCUT2D eigenvalue weighted by atomic mass is 31.2. The molecule has 0 saturated carbocycles. The van der Waals surface area contributed by atoms with Crippen LogP contribution in [-0.2, 0) is 12.3 Å². The molecule has 3 nitrogen and oxygen atoms in total. The maximum Gasteiger partial charge on any atom is 0.118 e. The lowest BCUT2D eigenvalue weighted by molar-refractivity contribution is 1.05. The summed E-state index contributed by atoms with van der Waals surface area (Å²) in [5, 5.41) is 29.3. The fraction of sp³-hybridized carbons (Fsp3) is 0.0652. The van der Waals surface area contributed by atoms with E-state index in [0.717, 1.165) is 11.3 Å². The zero-order chi connectivity index (χ0) is 35.1. The highest BCUT2D eigenvalue weighted by molar-refractivity contribution is 7.95. The highest BCUT2D eigenvalue weighted by Crippen LogP contribution is 2.61. The summed E-state index contributed by atoms with van der Waals surface area (Å²) >= 11 is 0. The predicted octanol–water partition coefficient (Wildman–Crippen LogP) is 8.12. The van der Waals surface area contributed by atoms with E-state index in [2.05, 4.69) is 176 Å². The van der Waals surface area contributed by atoms with Gasteiger partial charge in [-0.15, -0.1) is 0 Å². The number of hydrogen-bond donors (Lipinski definition) is 0. The van der Waals surface area contributed by atoms with Crippen molar-refractivity contribution < 1.29 is 0 Å². The van der Waals surface area contributed by atoms with Crippen molar-refractivity contribution in [2.45, 2.75) is 19.2 Å². The van der Waals surface area contributed by atoms with Crippen molar-refractivity contribution in [3.8, 4) is 12.1 Å². The molecule has 0 aliphatic rings. The Morgan fingerprint density at radius 2 is 0.686 bits per heavy atom. The summed E-state index contributed by atoms with van der Waals surface area (Å²) in [5.41, 5.74) is 3.17. The minimum absolute atomic E-state index is 0.491. The Bertz CT molecular complexity index is 2120. The summed E-state index contributed by atoms with van der Waals surface area (Å²) in [6.45, 7) is 1.92. The van der Waals surface area contributed by atoms with Gasteiger partial charge in [-0.3, -0.25) is 4.98 Å². The van der Waals surface area contributed by atoms with Crippen LogP contribution in [-0.4, -0.2) is 4.98 Å². The molecule has 6 aromatic carbocycles. The zero-order valence-corrected chi connectivity index (χ0v) is 30.3. The summed E-state index contributed by atoms with van der Waals surface area (Å²) in [4.78, 5) is 5.18. The van der Waals surface area contributed by atoms with Crippen LogP contribution in [0.1, 0.15) is 28.1 Å². The second-order valence-corrected chi connectivity index (χ2v) is 19.5. The monoisotopic (exact) mass is 693 g/mol. The topological polar surface area (TPSA) is 60.5 Å². The van der Waals surface area contributed by atoms with Crippen LogP contribution in [0.5, 0.6) is 0 Å². The fourth-order valence-electron chi connectivity index (χ4n) is 7.38. The van der Waals surface area contributed by atoms with Gasteiger partial charge in [0.05, 0.1) is 22.5 Å². The molecule has 5 heteroatoms. The van der Waals surface area contributed by atoms with E-state index in [1.165, 1.54) is 31.8 Å². The van der Waals surface area contributed by atoms with Gasteiger partial charge in [-0.25, -0.2) is 0 Å². The number of aryl methyl sites for hydroxylation is 1. The average molecular weight is 694 g/mol. The SMILES string of the molecule is Cc1nc(C[P+](c2ccccc2)(c2ccccc2)c2ccccc2)c(C#N)c(C[P+](c2ccccc2)(c2ccccc2)c2ccccc2)c1C#N. The smallest absolute Gasteiger partial charge is 0.118 e. The highest BCUT2D eigenvalue weighted by Gasteiger charge is 2.49. The van der Waals surface area contributed by atoms with Crippen molar-refractivity contribution in [2.75, 3.05) is 0 Å². The summed E-state index contributed by atoms with van der Waals surface area (Å²) < 4.78 is 0. The molecule has 0 amide bonds. The maximum atomic E-state index is 11.3. The van der Waals surface area contributed by atoms with E-state index in [1.807, 2.05) is 25.1 Å². The Morgan fingerprint density at radius 1 is 0.412 bits per heavy atom. The van der Waals surface area contributed by atoms with Gasteiger partial charge in [0.1, 0.15) is 70.8 Å². The normalized spacial score (nSPS) is 11.4. The first-order valence-corrected chi connectivity index (χ1v) is 21.0. The lowest BCUT2D eigenvalue weighted by Gasteiger charge is -2.30. The van der Waals surface area contributed by atoms with Crippen LogP contribution in [0.2, 0.25) is 0 Å². The zero-order valence-electron chi connectivity index (χ0n) is 28.5. The first-order valence-electron chi connectivity index (χ1n) is 17.0. The van der Waals surface area contributed by atoms with Crippen LogP contribution >= 0.6 is 14.5 Å². The van der Waals surface area contributed by atoms with Gasteiger partial charge in [-0.2, -0.15) is 10.5 Å². The molecule has 7 aromatic rings. The van der Waals surface area contributed by atoms with Gasteiger partial charge in [0.15, 0.2) is 0 Å². The standard InChI is InChI=1S/C46H37N3P2/c1-36-43(32-47)45(34-50(37-20-8-2-9-21-37,38-22-10-3-11-23-38)39-24-12-4-13-25-39)44(33-48)46(49-36)35-51(40-26-14-5-15-27-40,41-28-16-6-17-29-41)42-30-18-7-19-31-42/h2-31H,34-35H2,1H3/q+2. The van der Waals surface area contributed by atoms with Crippen LogP contribution in [0, 0.1) is 29.6 Å². The predicted molar refractivity (Wildman–Crippen MR) is 216 cm³/mol.